The van der Waals surface area contributed by atoms with Crippen LogP contribution >= 0.6 is 0 Å². The van der Waals surface area contributed by atoms with Crippen LogP contribution in [0.2, 0.25) is 0 Å². The number of hydrogen-bond donors (Lipinski definition) is 1. The fraction of sp³-hybridized carbons (Fsp3) is 0.435. The summed E-state index contributed by atoms with van der Waals surface area (Å²) in [5.74, 6) is 2.42. The van der Waals surface area contributed by atoms with Gasteiger partial charge in [0.25, 0.3) is 0 Å². The van der Waals surface area contributed by atoms with Gasteiger partial charge in [0.2, 0.25) is 0 Å². The first-order valence-corrected chi connectivity index (χ1v) is 9.35. The zero-order chi connectivity index (χ0) is 19.1. The van der Waals surface area contributed by atoms with Crippen molar-refractivity contribution in [2.24, 2.45) is 5.73 Å². The number of esters is 1. The molecular weight excluding hydrogens is 322 g/mol. The molecule has 0 heterocycles. The summed E-state index contributed by atoms with van der Waals surface area (Å²) in [6.07, 6.45) is 33.1. The first-order chi connectivity index (χ1) is 12.8. The topological polar surface area (TPSA) is 52.3 Å². The number of carbonyl (C=O) groups excluding carboxylic acids is 1. The molecule has 0 aromatic rings. The first-order valence-electron chi connectivity index (χ1n) is 9.35. The molecule has 0 saturated heterocycles. The second kappa shape index (κ2) is 20.7. The molecule has 0 aromatic carbocycles. The number of unbranched alkanes of at least 4 members (excludes halogenated alkanes) is 1. The number of hydrogen-bond acceptors (Lipinski definition) is 3. The molecule has 26 heavy (non-hydrogen) atoms. The lowest BCUT2D eigenvalue weighted by Gasteiger charge is -2.00. The Morgan fingerprint density at radius 2 is 1.35 bits per heavy atom. The van der Waals surface area contributed by atoms with Crippen molar-refractivity contribution >= 4 is 5.97 Å². The highest BCUT2D eigenvalue weighted by molar-refractivity contribution is 5.69. The Morgan fingerprint density at radius 1 is 0.846 bits per heavy atom. The van der Waals surface area contributed by atoms with Crippen LogP contribution in [0.5, 0.6) is 0 Å². The highest BCUT2D eigenvalue weighted by atomic mass is 16.5. The standard InChI is InChI=1S/C23H33NO2/c1-2-3-4-5-6-7-8-9-10-11-12-13-14-15-16-17-18-19-20-23(25)26-22-21-24/h1,4-5,7-8,10-11,13-14,16-17H,3,6,9,12,15,18-22,24H2/b5-4+,8-7+,11-10+,14-13+,17-16+. The highest BCUT2D eigenvalue weighted by Crippen LogP contribution is 2.00. The number of terminal acetylenes is 1. The summed E-state index contributed by atoms with van der Waals surface area (Å²) in [5.41, 5.74) is 5.27. The molecule has 0 spiro atoms. The van der Waals surface area contributed by atoms with Gasteiger partial charge in [-0.05, 0) is 38.5 Å². The molecular formula is C23H33NO2. The molecule has 2 N–H and O–H groups in total. The zero-order valence-corrected chi connectivity index (χ0v) is 15.8. The minimum absolute atomic E-state index is 0.161. The lowest BCUT2D eigenvalue weighted by atomic mass is 10.2. The number of allylic oxidation sites excluding steroid dienone is 10. The predicted molar refractivity (Wildman–Crippen MR) is 111 cm³/mol. The van der Waals surface area contributed by atoms with E-state index in [4.69, 9.17) is 16.9 Å². The quantitative estimate of drug-likeness (QED) is 0.194. The Hall–Kier alpha value is -2.31. The van der Waals surface area contributed by atoms with Crippen molar-refractivity contribution in [3.63, 3.8) is 0 Å². The normalized spacial score (nSPS) is 12.2. The highest BCUT2D eigenvalue weighted by Gasteiger charge is 1.99. The van der Waals surface area contributed by atoms with Crippen LogP contribution in [0.25, 0.3) is 0 Å². The second-order valence-corrected chi connectivity index (χ2v) is 5.61. The third-order valence-corrected chi connectivity index (χ3v) is 3.29. The molecule has 0 aliphatic heterocycles. The van der Waals surface area contributed by atoms with Crippen LogP contribution in [0.15, 0.2) is 60.8 Å². The van der Waals surface area contributed by atoms with Gasteiger partial charge in [-0.3, -0.25) is 4.79 Å². The first kappa shape index (κ1) is 23.7. The van der Waals surface area contributed by atoms with E-state index in [1.807, 2.05) is 6.08 Å². The molecule has 0 aromatic heterocycles. The van der Waals surface area contributed by atoms with Gasteiger partial charge in [0.1, 0.15) is 6.61 Å². The molecule has 142 valence electrons. The van der Waals surface area contributed by atoms with Crippen LogP contribution in [0.4, 0.5) is 0 Å². The van der Waals surface area contributed by atoms with Gasteiger partial charge in [-0.15, -0.1) is 12.3 Å². The lowest BCUT2D eigenvalue weighted by Crippen LogP contribution is -2.13. The van der Waals surface area contributed by atoms with Crippen molar-refractivity contribution < 1.29 is 9.53 Å². The van der Waals surface area contributed by atoms with E-state index in [0.29, 0.717) is 26.0 Å². The van der Waals surface area contributed by atoms with Gasteiger partial charge in [0, 0.05) is 19.4 Å². The molecule has 0 rings (SSSR count). The Bertz CT molecular complexity index is 519. The molecule has 0 amide bonds. The Kier molecular flexibility index (Phi) is 18.9. The maximum Gasteiger partial charge on any atom is 0.305 e. The fourth-order valence-electron chi connectivity index (χ4n) is 1.96. The van der Waals surface area contributed by atoms with Crippen LogP contribution < -0.4 is 5.73 Å². The molecule has 0 bridgehead atoms. The van der Waals surface area contributed by atoms with Crippen LogP contribution in [0.3, 0.4) is 0 Å². The van der Waals surface area contributed by atoms with Crippen molar-refractivity contribution in [1.29, 1.82) is 0 Å². The van der Waals surface area contributed by atoms with Crippen molar-refractivity contribution in [2.45, 2.75) is 51.4 Å². The molecule has 0 aliphatic rings. The smallest absolute Gasteiger partial charge is 0.305 e. The van der Waals surface area contributed by atoms with E-state index in [-0.39, 0.29) is 5.97 Å². The van der Waals surface area contributed by atoms with E-state index in [1.165, 1.54) is 0 Å². The predicted octanol–water partition coefficient (Wildman–Crippen LogP) is 5.02. The van der Waals surface area contributed by atoms with E-state index in [9.17, 15) is 4.79 Å². The van der Waals surface area contributed by atoms with Gasteiger partial charge in [-0.25, -0.2) is 0 Å². The lowest BCUT2D eigenvalue weighted by molar-refractivity contribution is -0.143. The maximum absolute atomic E-state index is 11.2. The molecule has 0 radical (unpaired) electrons. The number of rotatable bonds is 15. The summed E-state index contributed by atoms with van der Waals surface area (Å²) in [5, 5.41) is 0. The Labute approximate surface area is 159 Å². The second-order valence-electron chi connectivity index (χ2n) is 5.61. The van der Waals surface area contributed by atoms with Crippen LogP contribution in [0, 0.1) is 12.3 Å². The van der Waals surface area contributed by atoms with E-state index in [0.717, 1.165) is 38.5 Å². The largest absolute Gasteiger partial charge is 0.464 e. The van der Waals surface area contributed by atoms with E-state index < -0.39 is 0 Å². The van der Waals surface area contributed by atoms with Gasteiger partial charge >= 0.3 is 5.97 Å². The van der Waals surface area contributed by atoms with Crippen molar-refractivity contribution in [3.05, 3.63) is 60.8 Å². The summed E-state index contributed by atoms with van der Waals surface area (Å²) < 4.78 is 4.91. The van der Waals surface area contributed by atoms with Crippen molar-refractivity contribution in [3.8, 4) is 12.3 Å². The summed E-state index contributed by atoms with van der Waals surface area (Å²) >= 11 is 0. The van der Waals surface area contributed by atoms with Gasteiger partial charge in [-0.2, -0.15) is 0 Å². The summed E-state index contributed by atoms with van der Waals surface area (Å²) in [6, 6.07) is 0. The molecule has 3 nitrogen and oxygen atoms in total. The summed E-state index contributed by atoms with van der Waals surface area (Å²) in [6.45, 7) is 0.698. The minimum Gasteiger partial charge on any atom is -0.464 e. The van der Waals surface area contributed by atoms with Crippen LogP contribution in [-0.2, 0) is 9.53 Å². The molecule has 0 aliphatic carbocycles. The van der Waals surface area contributed by atoms with E-state index >= 15 is 0 Å². The van der Waals surface area contributed by atoms with E-state index in [2.05, 4.69) is 60.6 Å². The third-order valence-electron chi connectivity index (χ3n) is 3.29. The summed E-state index contributed by atoms with van der Waals surface area (Å²) in [7, 11) is 0. The average Bonchev–Trinajstić information content (AvgIpc) is 2.65. The monoisotopic (exact) mass is 355 g/mol. The average molecular weight is 356 g/mol. The van der Waals surface area contributed by atoms with Crippen molar-refractivity contribution in [2.75, 3.05) is 13.2 Å². The number of ether oxygens (including phenoxy) is 1. The zero-order valence-electron chi connectivity index (χ0n) is 15.8. The minimum atomic E-state index is -0.161. The maximum atomic E-state index is 11.2. The molecule has 0 atom stereocenters. The van der Waals surface area contributed by atoms with Gasteiger partial charge < -0.3 is 10.5 Å². The van der Waals surface area contributed by atoms with Crippen LogP contribution in [-0.4, -0.2) is 19.1 Å². The number of carbonyl (C=O) groups is 1. The Morgan fingerprint density at radius 3 is 1.85 bits per heavy atom. The molecule has 0 saturated carbocycles. The van der Waals surface area contributed by atoms with Gasteiger partial charge in [0.15, 0.2) is 0 Å². The molecule has 3 heteroatoms. The van der Waals surface area contributed by atoms with Crippen molar-refractivity contribution in [1.82, 2.24) is 0 Å². The fourth-order valence-corrected chi connectivity index (χ4v) is 1.96. The van der Waals surface area contributed by atoms with E-state index in [1.54, 1.807) is 0 Å². The van der Waals surface area contributed by atoms with Crippen LogP contribution in [0.1, 0.15) is 51.4 Å². The Balaban J connectivity index is 3.50. The van der Waals surface area contributed by atoms with Gasteiger partial charge in [0.05, 0.1) is 0 Å². The summed E-state index contributed by atoms with van der Waals surface area (Å²) in [4.78, 5) is 11.2. The molecule has 0 unspecified atom stereocenters. The van der Waals surface area contributed by atoms with Gasteiger partial charge in [-0.1, -0.05) is 60.8 Å². The number of nitrogens with two attached hydrogens (primary N) is 1. The molecule has 0 fully saturated rings. The SMILES string of the molecule is C#CC/C=C/C/C=C/C/C=C/C/C=C/C/C=C/CCCC(=O)OCCN. The third kappa shape index (κ3) is 19.7.